The van der Waals surface area contributed by atoms with E-state index in [1.165, 1.54) is 0 Å². The van der Waals surface area contributed by atoms with Crippen molar-refractivity contribution in [3.63, 3.8) is 0 Å². The Balaban J connectivity index is 1.62. The number of benzene rings is 2. The van der Waals surface area contributed by atoms with Crippen LogP contribution in [0.1, 0.15) is 43.6 Å². The molecule has 2 aromatic carbocycles. The van der Waals surface area contributed by atoms with Gasteiger partial charge in [0.25, 0.3) is 0 Å². The largest absolute Gasteiger partial charge is 0.485 e. The molecule has 0 aromatic heterocycles. The van der Waals surface area contributed by atoms with Gasteiger partial charge in [0.05, 0.1) is 0 Å². The van der Waals surface area contributed by atoms with Crippen molar-refractivity contribution in [3.05, 3.63) is 59.7 Å². The van der Waals surface area contributed by atoms with Crippen molar-refractivity contribution < 1.29 is 23.8 Å². The quantitative estimate of drug-likeness (QED) is 0.604. The van der Waals surface area contributed by atoms with Crippen molar-refractivity contribution in [1.29, 1.82) is 0 Å². The van der Waals surface area contributed by atoms with Crippen LogP contribution in [0.15, 0.2) is 48.5 Å². The van der Waals surface area contributed by atoms with Gasteiger partial charge in [0.15, 0.2) is 17.6 Å². The van der Waals surface area contributed by atoms with E-state index in [0.29, 0.717) is 17.1 Å². The lowest BCUT2D eigenvalue weighted by Gasteiger charge is -2.26. The number of fused-ring (bicyclic) bond motifs is 1. The molecule has 0 saturated carbocycles. The van der Waals surface area contributed by atoms with Crippen molar-refractivity contribution in [1.82, 2.24) is 0 Å². The maximum atomic E-state index is 12.6. The van der Waals surface area contributed by atoms with Crippen molar-refractivity contribution >= 4 is 11.8 Å². The summed E-state index contributed by atoms with van der Waals surface area (Å²) in [7, 11) is 0. The number of carbonyl (C=O) groups is 2. The van der Waals surface area contributed by atoms with Crippen LogP contribution in [0.2, 0.25) is 0 Å². The van der Waals surface area contributed by atoms with Gasteiger partial charge in [-0.1, -0.05) is 57.2 Å². The molecule has 5 heteroatoms. The van der Waals surface area contributed by atoms with Crippen molar-refractivity contribution in [2.24, 2.45) is 0 Å². The smallest absolute Gasteiger partial charge is 0.351 e. The van der Waals surface area contributed by atoms with Crippen LogP contribution in [0, 0.1) is 0 Å². The molecule has 1 heterocycles. The average Bonchev–Trinajstić information content (AvgIpc) is 2.66. The first kappa shape index (κ1) is 19.0. The SMILES string of the molecule is C[C@H](OC(=O)[C@@H]1COc2ccccc2O1)C(=O)c1ccc(C(C)(C)C)cc1. The summed E-state index contributed by atoms with van der Waals surface area (Å²) in [5.41, 5.74) is 1.65. The Labute approximate surface area is 159 Å². The summed E-state index contributed by atoms with van der Waals surface area (Å²) in [6.07, 6.45) is -1.79. The summed E-state index contributed by atoms with van der Waals surface area (Å²) >= 11 is 0. The van der Waals surface area contributed by atoms with Crippen LogP contribution < -0.4 is 9.47 Å². The lowest BCUT2D eigenvalue weighted by atomic mass is 9.86. The number of Topliss-reactive ketones (excluding diaryl/α,β-unsaturated/α-hetero) is 1. The number of rotatable bonds is 4. The van der Waals surface area contributed by atoms with Gasteiger partial charge in [-0.05, 0) is 30.0 Å². The van der Waals surface area contributed by atoms with E-state index >= 15 is 0 Å². The van der Waals surface area contributed by atoms with Gasteiger partial charge in [0, 0.05) is 5.56 Å². The molecule has 0 spiro atoms. The third-order valence-corrected chi connectivity index (χ3v) is 4.47. The monoisotopic (exact) mass is 368 g/mol. The molecule has 0 amide bonds. The maximum Gasteiger partial charge on any atom is 0.351 e. The standard InChI is InChI=1S/C22H24O5/c1-14(20(23)15-9-11-16(12-10-15)22(2,3)4)26-21(24)19-13-25-17-7-5-6-8-18(17)27-19/h5-12,14,19H,13H2,1-4H3/t14-,19-/m0/s1. The second-order valence-electron chi connectivity index (χ2n) is 7.63. The molecule has 0 saturated heterocycles. The fraction of sp³-hybridized carbons (Fsp3) is 0.364. The zero-order chi connectivity index (χ0) is 19.6. The molecule has 1 aliphatic heterocycles. The predicted molar refractivity (Wildman–Crippen MR) is 101 cm³/mol. The Morgan fingerprint density at radius 2 is 1.67 bits per heavy atom. The fourth-order valence-corrected chi connectivity index (χ4v) is 2.81. The van der Waals surface area contributed by atoms with Crippen LogP contribution in [0.3, 0.4) is 0 Å². The predicted octanol–water partition coefficient (Wildman–Crippen LogP) is 3.94. The van der Waals surface area contributed by atoms with E-state index in [0.717, 1.165) is 5.56 Å². The second-order valence-corrected chi connectivity index (χ2v) is 7.63. The van der Waals surface area contributed by atoms with E-state index in [1.807, 2.05) is 18.2 Å². The molecule has 1 aliphatic rings. The molecule has 0 N–H and O–H groups in total. The maximum absolute atomic E-state index is 12.6. The summed E-state index contributed by atoms with van der Waals surface area (Å²) in [5.74, 6) is 0.213. The molecule has 0 aliphatic carbocycles. The van der Waals surface area contributed by atoms with E-state index in [-0.39, 0.29) is 17.8 Å². The summed E-state index contributed by atoms with van der Waals surface area (Å²) in [6.45, 7) is 7.95. The highest BCUT2D eigenvalue weighted by atomic mass is 16.6. The molecular weight excluding hydrogens is 344 g/mol. The van der Waals surface area contributed by atoms with Gasteiger partial charge < -0.3 is 14.2 Å². The fourth-order valence-electron chi connectivity index (χ4n) is 2.81. The topological polar surface area (TPSA) is 61.8 Å². The number of esters is 1. The highest BCUT2D eigenvalue weighted by Crippen LogP contribution is 2.31. The zero-order valence-corrected chi connectivity index (χ0v) is 16.0. The number of ether oxygens (including phenoxy) is 3. The average molecular weight is 368 g/mol. The van der Waals surface area contributed by atoms with Gasteiger partial charge in [-0.15, -0.1) is 0 Å². The third kappa shape index (κ3) is 4.30. The molecular formula is C22H24O5. The Hall–Kier alpha value is -2.82. The highest BCUT2D eigenvalue weighted by Gasteiger charge is 2.31. The van der Waals surface area contributed by atoms with Gasteiger partial charge >= 0.3 is 5.97 Å². The third-order valence-electron chi connectivity index (χ3n) is 4.47. The first-order valence-electron chi connectivity index (χ1n) is 8.99. The first-order valence-corrected chi connectivity index (χ1v) is 8.99. The van der Waals surface area contributed by atoms with Gasteiger partial charge in [-0.3, -0.25) is 4.79 Å². The van der Waals surface area contributed by atoms with Crippen LogP contribution in [0.5, 0.6) is 11.5 Å². The summed E-state index contributed by atoms with van der Waals surface area (Å²) < 4.78 is 16.5. The van der Waals surface area contributed by atoms with Crippen LogP contribution in [0.25, 0.3) is 0 Å². The zero-order valence-electron chi connectivity index (χ0n) is 16.0. The second kappa shape index (κ2) is 7.43. The molecule has 3 rings (SSSR count). The van der Waals surface area contributed by atoms with E-state index < -0.39 is 18.2 Å². The molecule has 0 radical (unpaired) electrons. The Morgan fingerprint density at radius 3 is 2.30 bits per heavy atom. The number of carbonyl (C=O) groups excluding carboxylic acids is 2. The van der Waals surface area contributed by atoms with E-state index in [9.17, 15) is 9.59 Å². The Bertz CT molecular complexity index is 833. The minimum absolute atomic E-state index is 0.00821. The van der Waals surface area contributed by atoms with E-state index in [1.54, 1.807) is 37.3 Å². The van der Waals surface area contributed by atoms with Crippen LogP contribution >= 0.6 is 0 Å². The van der Waals surface area contributed by atoms with Crippen molar-refractivity contribution in [2.75, 3.05) is 6.61 Å². The van der Waals surface area contributed by atoms with Gasteiger partial charge in [-0.2, -0.15) is 0 Å². The van der Waals surface area contributed by atoms with Crippen LogP contribution in [-0.2, 0) is 14.9 Å². The molecule has 27 heavy (non-hydrogen) atoms. The van der Waals surface area contributed by atoms with E-state index in [2.05, 4.69) is 20.8 Å². The molecule has 142 valence electrons. The van der Waals surface area contributed by atoms with E-state index in [4.69, 9.17) is 14.2 Å². The van der Waals surface area contributed by atoms with Gasteiger partial charge in [0.1, 0.15) is 6.61 Å². The molecule has 5 nitrogen and oxygen atoms in total. The number of hydrogen-bond donors (Lipinski definition) is 0. The minimum Gasteiger partial charge on any atom is -0.485 e. The van der Waals surface area contributed by atoms with Crippen LogP contribution in [0.4, 0.5) is 0 Å². The lowest BCUT2D eigenvalue weighted by molar-refractivity contribution is -0.157. The number of ketones is 1. The number of para-hydroxylation sites is 2. The summed E-state index contributed by atoms with van der Waals surface area (Å²) in [4.78, 5) is 24.9. The van der Waals surface area contributed by atoms with Gasteiger partial charge in [-0.25, -0.2) is 4.79 Å². The summed E-state index contributed by atoms with van der Waals surface area (Å²) in [6, 6.07) is 14.5. The van der Waals surface area contributed by atoms with Crippen molar-refractivity contribution in [3.8, 4) is 11.5 Å². The lowest BCUT2D eigenvalue weighted by Crippen LogP contribution is -2.40. The molecule has 0 bridgehead atoms. The van der Waals surface area contributed by atoms with Gasteiger partial charge in [0.2, 0.25) is 11.9 Å². The minimum atomic E-state index is -0.904. The number of hydrogen-bond acceptors (Lipinski definition) is 5. The summed E-state index contributed by atoms with van der Waals surface area (Å²) in [5, 5.41) is 0. The Kier molecular flexibility index (Phi) is 5.22. The highest BCUT2D eigenvalue weighted by molar-refractivity contribution is 6.00. The van der Waals surface area contributed by atoms with Crippen molar-refractivity contribution in [2.45, 2.75) is 45.3 Å². The normalized spacial score (nSPS) is 17.1. The molecule has 2 aromatic rings. The van der Waals surface area contributed by atoms with Crippen LogP contribution in [-0.4, -0.2) is 30.6 Å². The molecule has 2 atom stereocenters. The molecule has 0 unspecified atom stereocenters. The Morgan fingerprint density at radius 1 is 1.04 bits per heavy atom. The molecule has 0 fully saturated rings. The first-order chi connectivity index (χ1) is 12.8.